The maximum Gasteiger partial charge on any atom is 0.308 e. The lowest BCUT2D eigenvalue weighted by atomic mass is 10.1. The van der Waals surface area contributed by atoms with E-state index in [2.05, 4.69) is 17.9 Å². The first kappa shape index (κ1) is 13.6. The van der Waals surface area contributed by atoms with Crippen LogP contribution in [-0.4, -0.2) is 24.2 Å². The molecule has 1 rings (SSSR count). The number of aliphatic carboxylic acids is 1. The third-order valence-electron chi connectivity index (χ3n) is 2.78. The van der Waals surface area contributed by atoms with Crippen LogP contribution in [0.15, 0.2) is 24.3 Å². The number of carboxylic acid groups (broad SMARTS) is 1. The van der Waals surface area contributed by atoms with Crippen LogP contribution in [0.3, 0.4) is 0 Å². The van der Waals surface area contributed by atoms with Gasteiger partial charge >= 0.3 is 5.97 Å². The molecule has 0 heterocycles. The Balaban J connectivity index is 2.81. The summed E-state index contributed by atoms with van der Waals surface area (Å²) in [6.45, 7) is 7.36. The van der Waals surface area contributed by atoms with Gasteiger partial charge in [0.05, 0.1) is 5.92 Å². The van der Waals surface area contributed by atoms with Crippen LogP contribution in [0.25, 0.3) is 0 Å². The molecule has 17 heavy (non-hydrogen) atoms. The Hall–Kier alpha value is -1.51. The van der Waals surface area contributed by atoms with Gasteiger partial charge in [0.1, 0.15) is 0 Å². The zero-order chi connectivity index (χ0) is 12.8. The van der Waals surface area contributed by atoms with Gasteiger partial charge in [-0.2, -0.15) is 0 Å². The molecular formula is C14H21NO2. The van der Waals surface area contributed by atoms with E-state index >= 15 is 0 Å². The van der Waals surface area contributed by atoms with Crippen molar-refractivity contribution in [2.45, 2.75) is 27.2 Å². The zero-order valence-corrected chi connectivity index (χ0v) is 10.8. The van der Waals surface area contributed by atoms with Crippen molar-refractivity contribution in [3.63, 3.8) is 0 Å². The minimum atomic E-state index is -0.737. The fourth-order valence-electron chi connectivity index (χ4n) is 1.83. The molecule has 0 aliphatic rings. The van der Waals surface area contributed by atoms with Crippen molar-refractivity contribution >= 4 is 11.7 Å². The number of benzene rings is 1. The molecule has 1 aromatic carbocycles. The summed E-state index contributed by atoms with van der Waals surface area (Å²) >= 11 is 0. The van der Waals surface area contributed by atoms with Crippen molar-refractivity contribution < 1.29 is 9.90 Å². The van der Waals surface area contributed by atoms with Gasteiger partial charge in [-0.15, -0.1) is 0 Å². The smallest absolute Gasteiger partial charge is 0.308 e. The molecule has 94 valence electrons. The third-order valence-corrected chi connectivity index (χ3v) is 2.78. The molecule has 0 bridgehead atoms. The van der Waals surface area contributed by atoms with Gasteiger partial charge in [-0.05, 0) is 31.0 Å². The highest BCUT2D eigenvalue weighted by atomic mass is 16.4. The molecule has 1 aromatic rings. The molecule has 1 unspecified atom stereocenters. The van der Waals surface area contributed by atoms with Crippen LogP contribution in [0.5, 0.6) is 0 Å². The molecule has 3 nitrogen and oxygen atoms in total. The molecule has 0 amide bonds. The van der Waals surface area contributed by atoms with Crippen LogP contribution in [-0.2, 0) is 4.79 Å². The molecule has 1 atom stereocenters. The van der Waals surface area contributed by atoms with Crippen LogP contribution in [0.4, 0.5) is 5.69 Å². The summed E-state index contributed by atoms with van der Waals surface area (Å²) in [5.74, 6) is -1.08. The van der Waals surface area contributed by atoms with Crippen LogP contribution in [0.2, 0.25) is 0 Å². The van der Waals surface area contributed by atoms with Crippen molar-refractivity contribution in [3.05, 3.63) is 29.8 Å². The average Bonchev–Trinajstić information content (AvgIpc) is 2.28. The normalized spacial score (nSPS) is 12.2. The lowest BCUT2D eigenvalue weighted by Crippen LogP contribution is -2.32. The van der Waals surface area contributed by atoms with Crippen molar-refractivity contribution in [3.8, 4) is 0 Å². The van der Waals surface area contributed by atoms with E-state index in [0.29, 0.717) is 6.54 Å². The predicted molar refractivity (Wildman–Crippen MR) is 70.5 cm³/mol. The van der Waals surface area contributed by atoms with E-state index in [9.17, 15) is 4.79 Å². The Labute approximate surface area is 103 Å². The van der Waals surface area contributed by atoms with Gasteiger partial charge in [0.25, 0.3) is 0 Å². The van der Waals surface area contributed by atoms with Crippen LogP contribution in [0, 0.1) is 12.8 Å². The van der Waals surface area contributed by atoms with Gasteiger partial charge in [-0.1, -0.05) is 26.0 Å². The number of hydrogen-bond donors (Lipinski definition) is 1. The molecule has 0 aliphatic carbocycles. The molecule has 0 saturated carbocycles. The number of hydrogen-bond acceptors (Lipinski definition) is 2. The summed E-state index contributed by atoms with van der Waals surface area (Å²) in [5, 5.41) is 8.97. The van der Waals surface area contributed by atoms with E-state index in [1.54, 1.807) is 6.92 Å². The molecule has 0 fully saturated rings. The van der Waals surface area contributed by atoms with Crippen molar-refractivity contribution in [1.29, 1.82) is 0 Å². The van der Waals surface area contributed by atoms with E-state index < -0.39 is 5.97 Å². The van der Waals surface area contributed by atoms with E-state index in [0.717, 1.165) is 18.7 Å². The zero-order valence-electron chi connectivity index (χ0n) is 10.8. The van der Waals surface area contributed by atoms with E-state index in [1.807, 2.05) is 25.1 Å². The van der Waals surface area contributed by atoms with Crippen LogP contribution < -0.4 is 4.90 Å². The number of carboxylic acids is 1. The van der Waals surface area contributed by atoms with Crippen LogP contribution in [0.1, 0.15) is 25.8 Å². The summed E-state index contributed by atoms with van der Waals surface area (Å²) in [5.41, 5.74) is 2.31. The monoisotopic (exact) mass is 235 g/mol. The highest BCUT2D eigenvalue weighted by Gasteiger charge is 2.16. The third kappa shape index (κ3) is 4.10. The minimum absolute atomic E-state index is 0.345. The lowest BCUT2D eigenvalue weighted by molar-refractivity contribution is -0.140. The lowest BCUT2D eigenvalue weighted by Gasteiger charge is -2.26. The Morgan fingerprint density at radius 2 is 2.18 bits per heavy atom. The fraction of sp³-hybridized carbons (Fsp3) is 0.500. The maximum atomic E-state index is 10.9. The largest absolute Gasteiger partial charge is 0.481 e. The molecule has 0 aliphatic heterocycles. The van der Waals surface area contributed by atoms with Gasteiger partial charge in [0, 0.05) is 18.8 Å². The summed E-state index contributed by atoms with van der Waals surface area (Å²) in [6, 6.07) is 8.20. The quantitative estimate of drug-likeness (QED) is 0.824. The number of nitrogens with zero attached hydrogens (tertiary/aromatic N) is 1. The predicted octanol–water partition coefficient (Wildman–Crippen LogP) is 2.93. The second-order valence-electron chi connectivity index (χ2n) is 4.52. The summed E-state index contributed by atoms with van der Waals surface area (Å²) in [4.78, 5) is 13.1. The molecule has 1 N–H and O–H groups in total. The van der Waals surface area contributed by atoms with Crippen molar-refractivity contribution in [1.82, 2.24) is 0 Å². The minimum Gasteiger partial charge on any atom is -0.481 e. The van der Waals surface area contributed by atoms with E-state index in [-0.39, 0.29) is 5.92 Å². The molecule has 3 heteroatoms. The number of carbonyl (C=O) groups is 1. The Bertz CT molecular complexity index is 376. The summed E-state index contributed by atoms with van der Waals surface area (Å²) in [7, 11) is 0. The molecule has 0 saturated heterocycles. The average molecular weight is 235 g/mol. The summed E-state index contributed by atoms with van der Waals surface area (Å²) < 4.78 is 0. The topological polar surface area (TPSA) is 40.5 Å². The Kier molecular flexibility index (Phi) is 5.01. The van der Waals surface area contributed by atoms with Crippen LogP contribution >= 0.6 is 0 Å². The number of aryl methyl sites for hydroxylation is 1. The first-order valence-corrected chi connectivity index (χ1v) is 6.09. The van der Waals surface area contributed by atoms with Crippen molar-refractivity contribution in [2.24, 2.45) is 5.92 Å². The first-order valence-electron chi connectivity index (χ1n) is 6.09. The summed E-state index contributed by atoms with van der Waals surface area (Å²) in [6.07, 6.45) is 1.01. The van der Waals surface area contributed by atoms with Gasteiger partial charge in [-0.25, -0.2) is 0 Å². The van der Waals surface area contributed by atoms with Crippen molar-refractivity contribution in [2.75, 3.05) is 18.0 Å². The highest BCUT2D eigenvalue weighted by Crippen LogP contribution is 2.17. The Morgan fingerprint density at radius 3 is 2.71 bits per heavy atom. The maximum absolute atomic E-state index is 10.9. The van der Waals surface area contributed by atoms with Gasteiger partial charge in [-0.3, -0.25) is 4.79 Å². The molecular weight excluding hydrogens is 214 g/mol. The van der Waals surface area contributed by atoms with Gasteiger partial charge < -0.3 is 10.0 Å². The number of anilines is 1. The second kappa shape index (κ2) is 6.28. The van der Waals surface area contributed by atoms with Gasteiger partial charge in [0.15, 0.2) is 0 Å². The second-order valence-corrected chi connectivity index (χ2v) is 4.52. The first-order chi connectivity index (χ1) is 8.04. The molecule has 0 radical (unpaired) electrons. The molecule has 0 aromatic heterocycles. The van der Waals surface area contributed by atoms with E-state index in [1.165, 1.54) is 5.56 Å². The highest BCUT2D eigenvalue weighted by molar-refractivity contribution is 5.70. The SMILES string of the molecule is CCCN(CC(C)C(=O)O)c1cccc(C)c1. The number of rotatable bonds is 6. The standard InChI is InChI=1S/C14H21NO2/c1-4-8-15(10-12(3)14(16)17)13-7-5-6-11(2)9-13/h5-7,9,12H,4,8,10H2,1-3H3,(H,16,17). The fourth-order valence-corrected chi connectivity index (χ4v) is 1.83. The van der Waals surface area contributed by atoms with E-state index in [4.69, 9.17) is 5.11 Å². The van der Waals surface area contributed by atoms with Gasteiger partial charge in [0.2, 0.25) is 0 Å². The Morgan fingerprint density at radius 1 is 1.47 bits per heavy atom. The molecule has 0 spiro atoms.